The molecule has 1 amide bonds. The number of rotatable bonds is 6. The summed E-state index contributed by atoms with van der Waals surface area (Å²) >= 11 is 0. The van der Waals surface area contributed by atoms with Gasteiger partial charge in [-0.1, -0.05) is 18.2 Å². The number of nitrogens with one attached hydrogen (secondary N) is 1. The number of halogens is 1. The van der Waals surface area contributed by atoms with Crippen molar-refractivity contribution in [3.05, 3.63) is 53.6 Å². The molecule has 1 saturated carbocycles. The van der Waals surface area contributed by atoms with E-state index in [0.717, 1.165) is 31.4 Å². The summed E-state index contributed by atoms with van der Waals surface area (Å²) in [7, 11) is 1.90. The first-order valence-electron chi connectivity index (χ1n) is 9.37. The van der Waals surface area contributed by atoms with Gasteiger partial charge in [0.2, 0.25) is 5.91 Å². The van der Waals surface area contributed by atoms with Crippen LogP contribution in [-0.2, 0) is 18.4 Å². The van der Waals surface area contributed by atoms with Crippen LogP contribution in [0.1, 0.15) is 42.9 Å². The number of nitrogens with zero attached hydrogens (tertiary/aromatic N) is 3. The third-order valence-electron chi connectivity index (χ3n) is 5.45. The lowest BCUT2D eigenvalue weighted by Gasteiger charge is -2.41. The van der Waals surface area contributed by atoms with E-state index >= 15 is 0 Å². The number of hydrogen-bond acceptors (Lipinski definition) is 3. The third-order valence-corrected chi connectivity index (χ3v) is 5.45. The van der Waals surface area contributed by atoms with Crippen molar-refractivity contribution in [1.82, 2.24) is 20.0 Å². The molecule has 0 spiro atoms. The fourth-order valence-corrected chi connectivity index (χ4v) is 4.03. The maximum atomic E-state index is 13.8. The fourth-order valence-electron chi connectivity index (χ4n) is 4.03. The molecule has 1 N–H and O–H groups in total. The third kappa shape index (κ3) is 3.51. The molecule has 0 bridgehead atoms. The molecule has 2 fully saturated rings. The quantitative estimate of drug-likeness (QED) is 0.866. The van der Waals surface area contributed by atoms with Crippen molar-refractivity contribution in [2.45, 2.75) is 44.3 Å². The Balaban J connectivity index is 1.49. The van der Waals surface area contributed by atoms with E-state index < -0.39 is 0 Å². The molecule has 6 heteroatoms. The normalized spacial score (nSPS) is 23.5. The minimum absolute atomic E-state index is 0.0607. The van der Waals surface area contributed by atoms with Gasteiger partial charge >= 0.3 is 0 Å². The van der Waals surface area contributed by atoms with Gasteiger partial charge in [0.1, 0.15) is 5.82 Å². The van der Waals surface area contributed by atoms with Crippen LogP contribution in [0.5, 0.6) is 0 Å². The van der Waals surface area contributed by atoms with Crippen LogP contribution in [0.25, 0.3) is 0 Å². The van der Waals surface area contributed by atoms with Gasteiger partial charge in [0.05, 0.1) is 12.2 Å². The van der Waals surface area contributed by atoms with Crippen LogP contribution in [0.2, 0.25) is 0 Å². The van der Waals surface area contributed by atoms with Gasteiger partial charge in [-0.25, -0.2) is 4.39 Å². The predicted molar refractivity (Wildman–Crippen MR) is 96.6 cm³/mol. The van der Waals surface area contributed by atoms with Gasteiger partial charge in [-0.05, 0) is 31.2 Å². The van der Waals surface area contributed by atoms with Crippen molar-refractivity contribution in [2.24, 2.45) is 13.0 Å². The van der Waals surface area contributed by atoms with E-state index in [0.29, 0.717) is 30.5 Å². The van der Waals surface area contributed by atoms with Crippen LogP contribution in [0, 0.1) is 11.7 Å². The smallest absolute Gasteiger partial charge is 0.223 e. The van der Waals surface area contributed by atoms with Crippen LogP contribution < -0.4 is 5.32 Å². The van der Waals surface area contributed by atoms with Crippen molar-refractivity contribution in [3.63, 3.8) is 0 Å². The Kier molecular flexibility index (Phi) is 4.76. The Morgan fingerprint density at radius 2 is 2.08 bits per heavy atom. The Morgan fingerprint density at radius 1 is 1.27 bits per heavy atom. The summed E-state index contributed by atoms with van der Waals surface area (Å²) in [6, 6.07) is 7.29. The molecule has 0 unspecified atom stereocenters. The summed E-state index contributed by atoms with van der Waals surface area (Å²) in [6.45, 7) is 1.25. The molecule has 4 rings (SSSR count). The Morgan fingerprint density at radius 3 is 2.77 bits per heavy atom. The summed E-state index contributed by atoms with van der Waals surface area (Å²) < 4.78 is 15.6. The molecule has 5 nitrogen and oxygen atoms in total. The second kappa shape index (κ2) is 7.19. The number of aromatic nitrogens is 2. The van der Waals surface area contributed by atoms with E-state index in [-0.39, 0.29) is 17.8 Å². The number of hydrogen-bond donors (Lipinski definition) is 1. The standard InChI is InChI=1S/C20H25FN4O/c1-24-13-16(12-23-24)20-15(6-9-19(26)25(20)17-7-8-17)11-22-10-14-4-2-3-5-18(14)21/h2-5,12-13,15,17,20,22H,6-11H2,1H3/t15-,20+/m1/s1. The Bertz CT molecular complexity index is 786. The van der Waals surface area contributed by atoms with Crippen molar-refractivity contribution < 1.29 is 9.18 Å². The van der Waals surface area contributed by atoms with Gasteiger partial charge < -0.3 is 10.2 Å². The van der Waals surface area contributed by atoms with Gasteiger partial charge in [-0.2, -0.15) is 5.10 Å². The largest absolute Gasteiger partial charge is 0.332 e. The number of amides is 1. The molecule has 1 aliphatic carbocycles. The zero-order valence-corrected chi connectivity index (χ0v) is 15.1. The lowest BCUT2D eigenvalue weighted by atomic mass is 9.85. The highest BCUT2D eigenvalue weighted by atomic mass is 19.1. The molecule has 2 aliphatic rings. The molecule has 1 saturated heterocycles. The summed E-state index contributed by atoms with van der Waals surface area (Å²) in [5, 5.41) is 7.72. The summed E-state index contributed by atoms with van der Waals surface area (Å²) in [5.41, 5.74) is 1.78. The SMILES string of the molecule is Cn1cc([C@@H]2[C@@H](CNCc3ccccc3F)CCC(=O)N2C2CC2)cn1. The highest BCUT2D eigenvalue weighted by Crippen LogP contribution is 2.43. The summed E-state index contributed by atoms with van der Waals surface area (Å²) in [4.78, 5) is 14.7. The zero-order chi connectivity index (χ0) is 18.1. The van der Waals surface area contributed by atoms with E-state index in [1.807, 2.05) is 31.6 Å². The average Bonchev–Trinajstić information content (AvgIpc) is 3.38. The van der Waals surface area contributed by atoms with E-state index in [2.05, 4.69) is 15.3 Å². The van der Waals surface area contributed by atoms with Gasteiger partial charge in [0, 0.05) is 49.9 Å². The lowest BCUT2D eigenvalue weighted by Crippen LogP contribution is -2.46. The zero-order valence-electron chi connectivity index (χ0n) is 15.1. The second-order valence-electron chi connectivity index (χ2n) is 7.45. The van der Waals surface area contributed by atoms with Crippen LogP contribution in [-0.4, -0.2) is 33.2 Å². The number of carbonyl (C=O) groups is 1. The molecule has 1 aromatic heterocycles. The number of benzene rings is 1. The van der Waals surface area contributed by atoms with Crippen LogP contribution in [0.4, 0.5) is 4.39 Å². The van der Waals surface area contributed by atoms with E-state index in [1.54, 1.807) is 10.7 Å². The van der Waals surface area contributed by atoms with Crippen molar-refractivity contribution in [3.8, 4) is 0 Å². The monoisotopic (exact) mass is 356 g/mol. The van der Waals surface area contributed by atoms with Crippen molar-refractivity contribution in [1.29, 1.82) is 0 Å². The first-order valence-corrected chi connectivity index (χ1v) is 9.37. The minimum Gasteiger partial charge on any atom is -0.332 e. The average molecular weight is 356 g/mol. The maximum absolute atomic E-state index is 13.8. The highest BCUT2D eigenvalue weighted by molar-refractivity contribution is 5.78. The molecule has 1 aliphatic heterocycles. The molecule has 138 valence electrons. The van der Waals surface area contributed by atoms with Crippen LogP contribution >= 0.6 is 0 Å². The first kappa shape index (κ1) is 17.2. The molecule has 2 aromatic rings. The van der Waals surface area contributed by atoms with E-state index in [1.165, 1.54) is 6.07 Å². The molecular weight excluding hydrogens is 331 g/mol. The van der Waals surface area contributed by atoms with Gasteiger partial charge in [0.15, 0.2) is 0 Å². The maximum Gasteiger partial charge on any atom is 0.223 e. The minimum atomic E-state index is -0.178. The van der Waals surface area contributed by atoms with E-state index in [4.69, 9.17) is 0 Å². The van der Waals surface area contributed by atoms with Gasteiger partial charge in [-0.3, -0.25) is 9.48 Å². The molecular formula is C20H25FN4O. The Hall–Kier alpha value is -2.21. The molecule has 26 heavy (non-hydrogen) atoms. The fraction of sp³-hybridized carbons (Fsp3) is 0.500. The highest BCUT2D eigenvalue weighted by Gasteiger charge is 2.44. The Labute approximate surface area is 153 Å². The predicted octanol–water partition coefficient (Wildman–Crippen LogP) is 2.79. The molecule has 2 heterocycles. The van der Waals surface area contributed by atoms with Crippen molar-refractivity contribution in [2.75, 3.05) is 6.54 Å². The topological polar surface area (TPSA) is 50.2 Å². The van der Waals surface area contributed by atoms with Gasteiger partial charge in [0.25, 0.3) is 0 Å². The summed E-state index contributed by atoms with van der Waals surface area (Å²) in [5.74, 6) is 0.387. The molecule has 1 aromatic carbocycles. The number of piperidine rings is 1. The van der Waals surface area contributed by atoms with Crippen LogP contribution in [0.3, 0.4) is 0 Å². The lowest BCUT2D eigenvalue weighted by molar-refractivity contribution is -0.139. The van der Waals surface area contributed by atoms with E-state index in [9.17, 15) is 9.18 Å². The number of carbonyl (C=O) groups excluding carboxylic acids is 1. The second-order valence-corrected chi connectivity index (χ2v) is 7.45. The molecule has 2 atom stereocenters. The summed E-state index contributed by atoms with van der Waals surface area (Å²) in [6.07, 6.45) is 7.53. The number of likely N-dealkylation sites (tertiary alicyclic amines) is 1. The van der Waals surface area contributed by atoms with Crippen molar-refractivity contribution >= 4 is 5.91 Å². The number of aryl methyl sites for hydroxylation is 1. The first-order chi connectivity index (χ1) is 12.6. The van der Waals surface area contributed by atoms with Crippen LogP contribution in [0.15, 0.2) is 36.7 Å². The molecule has 0 radical (unpaired) electrons. The van der Waals surface area contributed by atoms with Gasteiger partial charge in [-0.15, -0.1) is 0 Å².